The van der Waals surface area contributed by atoms with Gasteiger partial charge >= 0.3 is 0 Å². The molecular formula is C13H16BrNO. The summed E-state index contributed by atoms with van der Waals surface area (Å²) in [5, 5.41) is 9.00. The first kappa shape index (κ1) is 13.1. The van der Waals surface area contributed by atoms with Gasteiger partial charge in [0.15, 0.2) is 0 Å². The zero-order valence-corrected chi connectivity index (χ0v) is 11.5. The molecular weight excluding hydrogens is 266 g/mol. The summed E-state index contributed by atoms with van der Waals surface area (Å²) in [6.07, 6.45) is 0.963. The number of nitrogens with zero attached hydrogens (tertiary/aromatic N) is 1. The molecule has 1 aromatic carbocycles. The van der Waals surface area contributed by atoms with E-state index >= 15 is 0 Å². The van der Waals surface area contributed by atoms with Gasteiger partial charge in [-0.1, -0.05) is 26.8 Å². The lowest BCUT2D eigenvalue weighted by molar-refractivity contribution is 0.242. The van der Waals surface area contributed by atoms with Crippen molar-refractivity contribution in [2.45, 2.75) is 27.2 Å². The van der Waals surface area contributed by atoms with Crippen molar-refractivity contribution in [2.24, 2.45) is 5.41 Å². The molecule has 0 aliphatic heterocycles. The smallest absolute Gasteiger partial charge is 0.138 e. The molecule has 0 amide bonds. The lowest BCUT2D eigenvalue weighted by atomic mass is 9.93. The van der Waals surface area contributed by atoms with E-state index < -0.39 is 0 Å². The molecule has 0 unspecified atom stereocenters. The van der Waals surface area contributed by atoms with Crippen molar-refractivity contribution in [3.63, 3.8) is 0 Å². The van der Waals surface area contributed by atoms with E-state index in [1.165, 1.54) is 0 Å². The van der Waals surface area contributed by atoms with Gasteiger partial charge in [-0.3, -0.25) is 0 Å². The normalized spacial score (nSPS) is 10.9. The second-order valence-electron chi connectivity index (χ2n) is 4.88. The maximum absolute atomic E-state index is 9.00. The monoisotopic (exact) mass is 281 g/mol. The minimum atomic E-state index is 0.249. The van der Waals surface area contributed by atoms with Gasteiger partial charge in [0.2, 0.25) is 0 Å². The van der Waals surface area contributed by atoms with Gasteiger partial charge in [-0.05, 0) is 39.9 Å². The van der Waals surface area contributed by atoms with Crippen molar-refractivity contribution in [1.29, 1.82) is 5.26 Å². The number of hydrogen-bond donors (Lipinski definition) is 0. The fourth-order valence-corrected chi connectivity index (χ4v) is 1.64. The van der Waals surface area contributed by atoms with E-state index in [1.54, 1.807) is 0 Å². The summed E-state index contributed by atoms with van der Waals surface area (Å²) < 4.78 is 6.41. The summed E-state index contributed by atoms with van der Waals surface area (Å²) in [5.41, 5.74) is 0.815. The van der Waals surface area contributed by atoms with Crippen LogP contribution in [-0.2, 0) is 0 Å². The minimum absolute atomic E-state index is 0.249. The predicted octanol–water partition coefficient (Wildman–Crippen LogP) is 4.14. The first-order chi connectivity index (χ1) is 7.44. The molecule has 0 saturated heterocycles. The molecule has 0 atom stereocenters. The van der Waals surface area contributed by atoms with E-state index in [-0.39, 0.29) is 5.41 Å². The van der Waals surface area contributed by atoms with E-state index in [9.17, 15) is 0 Å². The van der Waals surface area contributed by atoms with Crippen LogP contribution >= 0.6 is 15.9 Å². The maximum Gasteiger partial charge on any atom is 0.138 e. The highest BCUT2D eigenvalue weighted by Crippen LogP contribution is 2.27. The number of nitriles is 1. The van der Waals surface area contributed by atoms with Crippen molar-refractivity contribution in [2.75, 3.05) is 6.61 Å². The van der Waals surface area contributed by atoms with Gasteiger partial charge < -0.3 is 4.74 Å². The Kier molecular flexibility index (Phi) is 4.37. The SMILES string of the molecule is CC(C)(C)CCOc1cccc(Br)c1C#N. The van der Waals surface area contributed by atoms with Crippen LogP contribution < -0.4 is 4.74 Å². The van der Waals surface area contributed by atoms with Crippen LogP contribution in [0.15, 0.2) is 22.7 Å². The average Bonchev–Trinajstić information content (AvgIpc) is 2.16. The Morgan fingerprint density at radius 3 is 2.62 bits per heavy atom. The van der Waals surface area contributed by atoms with Gasteiger partial charge in [0.25, 0.3) is 0 Å². The molecule has 2 nitrogen and oxygen atoms in total. The molecule has 0 fully saturated rings. The Morgan fingerprint density at radius 2 is 2.06 bits per heavy atom. The van der Waals surface area contributed by atoms with Crippen LogP contribution in [0.1, 0.15) is 32.8 Å². The molecule has 0 N–H and O–H groups in total. The summed E-state index contributed by atoms with van der Waals surface area (Å²) in [7, 11) is 0. The van der Waals surface area contributed by atoms with Crippen LogP contribution in [0.3, 0.4) is 0 Å². The fourth-order valence-electron chi connectivity index (χ4n) is 1.20. The summed E-state index contributed by atoms with van der Waals surface area (Å²) >= 11 is 3.34. The Hall–Kier alpha value is -1.01. The zero-order valence-electron chi connectivity index (χ0n) is 9.88. The third kappa shape index (κ3) is 3.86. The van der Waals surface area contributed by atoms with Crippen LogP contribution in [-0.4, -0.2) is 6.61 Å². The minimum Gasteiger partial charge on any atom is -0.492 e. The molecule has 0 radical (unpaired) electrons. The lowest BCUT2D eigenvalue weighted by Gasteiger charge is -2.18. The first-order valence-electron chi connectivity index (χ1n) is 5.25. The van der Waals surface area contributed by atoms with E-state index in [0.29, 0.717) is 17.9 Å². The number of ether oxygens (including phenoxy) is 1. The second-order valence-corrected chi connectivity index (χ2v) is 5.74. The van der Waals surface area contributed by atoms with Crippen molar-refractivity contribution < 1.29 is 4.74 Å². The van der Waals surface area contributed by atoms with Crippen LogP contribution in [0.5, 0.6) is 5.75 Å². The molecule has 16 heavy (non-hydrogen) atoms. The highest BCUT2D eigenvalue weighted by Gasteiger charge is 2.11. The molecule has 86 valence electrons. The van der Waals surface area contributed by atoms with Gasteiger partial charge in [-0.25, -0.2) is 0 Å². The van der Waals surface area contributed by atoms with E-state index in [1.807, 2.05) is 18.2 Å². The molecule has 0 saturated carbocycles. The lowest BCUT2D eigenvalue weighted by Crippen LogP contribution is -2.11. The van der Waals surface area contributed by atoms with Gasteiger partial charge in [-0.2, -0.15) is 5.26 Å². The predicted molar refractivity (Wildman–Crippen MR) is 68.4 cm³/mol. The Balaban J connectivity index is 2.68. The second kappa shape index (κ2) is 5.36. The van der Waals surface area contributed by atoms with Crippen molar-refractivity contribution in [3.8, 4) is 11.8 Å². The van der Waals surface area contributed by atoms with Crippen molar-refractivity contribution >= 4 is 15.9 Å². The Labute approximate surface area is 105 Å². The molecule has 1 aromatic rings. The van der Waals surface area contributed by atoms with E-state index in [0.717, 1.165) is 10.9 Å². The van der Waals surface area contributed by atoms with E-state index in [2.05, 4.69) is 42.8 Å². The molecule has 0 bridgehead atoms. The molecule has 0 aliphatic rings. The molecule has 3 heteroatoms. The van der Waals surface area contributed by atoms with Crippen LogP contribution in [0.4, 0.5) is 0 Å². The number of rotatable bonds is 3. The zero-order chi connectivity index (χ0) is 12.2. The third-order valence-electron chi connectivity index (χ3n) is 2.20. The van der Waals surface area contributed by atoms with Crippen molar-refractivity contribution in [3.05, 3.63) is 28.2 Å². The Morgan fingerprint density at radius 1 is 1.38 bits per heavy atom. The highest BCUT2D eigenvalue weighted by molar-refractivity contribution is 9.10. The summed E-state index contributed by atoms with van der Waals surface area (Å²) in [6.45, 7) is 7.14. The summed E-state index contributed by atoms with van der Waals surface area (Å²) in [5.74, 6) is 0.654. The van der Waals surface area contributed by atoms with Crippen LogP contribution in [0, 0.1) is 16.7 Å². The number of hydrogen-bond acceptors (Lipinski definition) is 2. The summed E-state index contributed by atoms with van der Waals surface area (Å²) in [4.78, 5) is 0. The molecule has 0 aromatic heterocycles. The standard InChI is InChI=1S/C13H16BrNO/c1-13(2,3)7-8-16-12-6-4-5-11(14)10(12)9-15/h4-6H,7-8H2,1-3H3. The van der Waals surface area contributed by atoms with Crippen LogP contribution in [0.25, 0.3) is 0 Å². The maximum atomic E-state index is 9.00. The third-order valence-corrected chi connectivity index (χ3v) is 2.86. The number of halogens is 1. The highest BCUT2D eigenvalue weighted by atomic mass is 79.9. The van der Waals surface area contributed by atoms with Gasteiger partial charge in [0.1, 0.15) is 17.4 Å². The van der Waals surface area contributed by atoms with Gasteiger partial charge in [0, 0.05) is 4.47 Å². The molecule has 0 spiro atoms. The van der Waals surface area contributed by atoms with Gasteiger partial charge in [-0.15, -0.1) is 0 Å². The summed E-state index contributed by atoms with van der Waals surface area (Å²) in [6, 6.07) is 7.68. The fraction of sp³-hybridized carbons (Fsp3) is 0.462. The van der Waals surface area contributed by atoms with E-state index in [4.69, 9.17) is 10.00 Å². The van der Waals surface area contributed by atoms with Crippen LogP contribution in [0.2, 0.25) is 0 Å². The Bertz CT molecular complexity index is 401. The topological polar surface area (TPSA) is 33.0 Å². The first-order valence-corrected chi connectivity index (χ1v) is 6.05. The number of benzene rings is 1. The molecule has 1 rings (SSSR count). The molecule has 0 aliphatic carbocycles. The average molecular weight is 282 g/mol. The van der Waals surface area contributed by atoms with Gasteiger partial charge in [0.05, 0.1) is 6.61 Å². The van der Waals surface area contributed by atoms with Crippen molar-refractivity contribution in [1.82, 2.24) is 0 Å². The molecule has 0 heterocycles. The largest absolute Gasteiger partial charge is 0.492 e. The quantitative estimate of drug-likeness (QED) is 0.834.